The normalized spacial score (nSPS) is 10.4. The minimum atomic E-state index is -0.444. The van der Waals surface area contributed by atoms with Gasteiger partial charge in [-0.05, 0) is 48.2 Å². The van der Waals surface area contributed by atoms with Crippen molar-refractivity contribution in [3.63, 3.8) is 0 Å². The highest BCUT2D eigenvalue weighted by atomic mass is 16.5. The molecule has 2 aromatic rings. The van der Waals surface area contributed by atoms with Crippen molar-refractivity contribution >= 4 is 11.8 Å². The van der Waals surface area contributed by atoms with Gasteiger partial charge in [0.25, 0.3) is 5.91 Å². The molecule has 0 saturated heterocycles. The van der Waals surface area contributed by atoms with E-state index in [-0.39, 0.29) is 12.3 Å². The summed E-state index contributed by atoms with van der Waals surface area (Å²) in [6, 6.07) is 12.0. The number of carbonyl (C=O) groups excluding carboxylic acids is 2. The van der Waals surface area contributed by atoms with Gasteiger partial charge in [0.1, 0.15) is 5.75 Å². The molecule has 0 saturated carbocycles. The summed E-state index contributed by atoms with van der Waals surface area (Å²) in [7, 11) is 3.10. The number of ether oxygens (including phenoxy) is 3. The van der Waals surface area contributed by atoms with Crippen molar-refractivity contribution in [1.82, 2.24) is 10.9 Å². The number of amides is 2. The van der Waals surface area contributed by atoms with Crippen LogP contribution in [0.5, 0.6) is 17.2 Å². The Labute approximate surface area is 171 Å². The third-order valence-corrected chi connectivity index (χ3v) is 4.22. The van der Waals surface area contributed by atoms with Crippen LogP contribution in [0.4, 0.5) is 0 Å². The Bertz CT molecular complexity index is 818. The van der Waals surface area contributed by atoms with E-state index in [1.54, 1.807) is 49.6 Å². The molecular weight excluding hydrogens is 372 g/mol. The zero-order valence-electron chi connectivity index (χ0n) is 17.3. The van der Waals surface area contributed by atoms with E-state index in [1.165, 1.54) is 7.11 Å². The standard InChI is InChI=1S/C22H28N2O5/c1-15(2)11-12-29-19-10-7-17(14-20(19)28-4)22(26)24-23-21(25)13-16-5-8-18(27-3)9-6-16/h5-10,14-15H,11-13H2,1-4H3,(H,23,25)(H,24,26). The van der Waals surface area contributed by atoms with Crippen LogP contribution in [0.3, 0.4) is 0 Å². The summed E-state index contributed by atoms with van der Waals surface area (Å²) in [6.45, 7) is 4.81. The van der Waals surface area contributed by atoms with Gasteiger partial charge in [0.15, 0.2) is 11.5 Å². The second kappa shape index (κ2) is 10.9. The van der Waals surface area contributed by atoms with Crippen LogP contribution in [0.15, 0.2) is 42.5 Å². The molecule has 0 spiro atoms. The van der Waals surface area contributed by atoms with Crippen molar-refractivity contribution in [2.45, 2.75) is 26.7 Å². The lowest BCUT2D eigenvalue weighted by atomic mass is 10.1. The number of carbonyl (C=O) groups is 2. The van der Waals surface area contributed by atoms with Crippen molar-refractivity contribution in [2.24, 2.45) is 5.92 Å². The summed E-state index contributed by atoms with van der Waals surface area (Å²) in [5.41, 5.74) is 5.98. The van der Waals surface area contributed by atoms with Crippen molar-refractivity contribution in [3.8, 4) is 17.2 Å². The van der Waals surface area contributed by atoms with Crippen molar-refractivity contribution in [3.05, 3.63) is 53.6 Å². The summed E-state index contributed by atoms with van der Waals surface area (Å²) in [4.78, 5) is 24.4. The molecule has 0 aliphatic rings. The van der Waals surface area contributed by atoms with Crippen molar-refractivity contribution in [2.75, 3.05) is 20.8 Å². The lowest BCUT2D eigenvalue weighted by molar-refractivity contribution is -0.121. The second-order valence-electron chi connectivity index (χ2n) is 6.92. The zero-order valence-corrected chi connectivity index (χ0v) is 17.3. The number of hydrogen-bond acceptors (Lipinski definition) is 5. The minimum absolute atomic E-state index is 0.135. The van der Waals surface area contributed by atoms with Gasteiger partial charge in [0, 0.05) is 5.56 Å². The van der Waals surface area contributed by atoms with Gasteiger partial charge in [-0.25, -0.2) is 0 Å². The van der Waals surface area contributed by atoms with Gasteiger partial charge in [0.05, 0.1) is 27.2 Å². The van der Waals surface area contributed by atoms with Gasteiger partial charge in [-0.15, -0.1) is 0 Å². The Kier molecular flexibility index (Phi) is 8.33. The molecule has 2 N–H and O–H groups in total. The van der Waals surface area contributed by atoms with E-state index >= 15 is 0 Å². The van der Waals surface area contributed by atoms with Crippen LogP contribution >= 0.6 is 0 Å². The molecule has 29 heavy (non-hydrogen) atoms. The third-order valence-electron chi connectivity index (χ3n) is 4.22. The molecule has 2 rings (SSSR count). The van der Waals surface area contributed by atoms with E-state index in [1.807, 2.05) is 0 Å². The van der Waals surface area contributed by atoms with Crippen LogP contribution in [0.25, 0.3) is 0 Å². The smallest absolute Gasteiger partial charge is 0.269 e. The quantitative estimate of drug-likeness (QED) is 0.632. The van der Waals surface area contributed by atoms with Crippen molar-refractivity contribution in [1.29, 1.82) is 0 Å². The number of nitrogens with one attached hydrogen (secondary N) is 2. The Morgan fingerprint density at radius 1 is 0.931 bits per heavy atom. The van der Waals surface area contributed by atoms with E-state index in [4.69, 9.17) is 14.2 Å². The predicted molar refractivity (Wildman–Crippen MR) is 110 cm³/mol. The fourth-order valence-electron chi connectivity index (χ4n) is 2.50. The summed E-state index contributed by atoms with van der Waals surface area (Å²) < 4.78 is 16.1. The first-order chi connectivity index (χ1) is 13.9. The van der Waals surface area contributed by atoms with Crippen LogP contribution in [0.1, 0.15) is 36.2 Å². The highest BCUT2D eigenvalue weighted by Gasteiger charge is 2.12. The monoisotopic (exact) mass is 400 g/mol. The lowest BCUT2D eigenvalue weighted by Crippen LogP contribution is -2.42. The minimum Gasteiger partial charge on any atom is -0.497 e. The molecule has 0 fully saturated rings. The Balaban J connectivity index is 1.89. The maximum Gasteiger partial charge on any atom is 0.269 e. The fraction of sp³-hybridized carbons (Fsp3) is 0.364. The number of benzene rings is 2. The van der Waals surface area contributed by atoms with E-state index in [0.29, 0.717) is 35.3 Å². The summed E-state index contributed by atoms with van der Waals surface area (Å²) in [6.07, 6.45) is 1.06. The average molecular weight is 400 g/mol. The van der Waals surface area contributed by atoms with Crippen molar-refractivity contribution < 1.29 is 23.8 Å². The van der Waals surface area contributed by atoms with Gasteiger partial charge in [-0.2, -0.15) is 0 Å². The fourth-order valence-corrected chi connectivity index (χ4v) is 2.50. The third kappa shape index (κ3) is 7.03. The van der Waals surface area contributed by atoms with Gasteiger partial charge in [-0.1, -0.05) is 26.0 Å². The van der Waals surface area contributed by atoms with Crippen LogP contribution < -0.4 is 25.1 Å². The first kappa shape index (κ1) is 22.1. The molecule has 0 bridgehead atoms. The van der Waals surface area contributed by atoms with Gasteiger partial charge in [-0.3, -0.25) is 20.4 Å². The number of hydrogen-bond donors (Lipinski definition) is 2. The summed E-state index contributed by atoms with van der Waals surface area (Å²) in [5.74, 6) is 1.52. The summed E-state index contributed by atoms with van der Waals surface area (Å²) >= 11 is 0. The van der Waals surface area contributed by atoms with E-state index in [0.717, 1.165) is 12.0 Å². The van der Waals surface area contributed by atoms with Crippen LogP contribution in [0.2, 0.25) is 0 Å². The van der Waals surface area contributed by atoms with E-state index in [9.17, 15) is 9.59 Å². The van der Waals surface area contributed by atoms with E-state index in [2.05, 4.69) is 24.7 Å². The lowest BCUT2D eigenvalue weighted by Gasteiger charge is -2.13. The molecular formula is C22H28N2O5. The maximum atomic E-state index is 12.3. The molecule has 0 aromatic heterocycles. The Morgan fingerprint density at radius 3 is 2.28 bits per heavy atom. The number of rotatable bonds is 9. The number of hydrazine groups is 1. The molecule has 7 heteroatoms. The molecule has 0 unspecified atom stereocenters. The van der Waals surface area contributed by atoms with Gasteiger partial charge >= 0.3 is 0 Å². The zero-order chi connectivity index (χ0) is 21.2. The van der Waals surface area contributed by atoms with Gasteiger partial charge in [0.2, 0.25) is 5.91 Å². The second-order valence-corrected chi connectivity index (χ2v) is 6.92. The topological polar surface area (TPSA) is 85.9 Å². The SMILES string of the molecule is COc1ccc(CC(=O)NNC(=O)c2ccc(OCCC(C)C)c(OC)c2)cc1. The Hall–Kier alpha value is -3.22. The molecule has 0 aliphatic carbocycles. The molecule has 0 aliphatic heterocycles. The molecule has 2 amide bonds. The largest absolute Gasteiger partial charge is 0.497 e. The highest BCUT2D eigenvalue weighted by Crippen LogP contribution is 2.28. The molecule has 2 aromatic carbocycles. The Morgan fingerprint density at radius 2 is 1.66 bits per heavy atom. The maximum absolute atomic E-state index is 12.3. The van der Waals surface area contributed by atoms with Crippen LogP contribution in [0, 0.1) is 5.92 Å². The molecule has 0 atom stereocenters. The first-order valence-corrected chi connectivity index (χ1v) is 9.46. The molecule has 0 radical (unpaired) electrons. The average Bonchev–Trinajstić information content (AvgIpc) is 2.72. The molecule has 0 heterocycles. The molecule has 156 valence electrons. The number of methoxy groups -OCH3 is 2. The van der Waals surface area contributed by atoms with E-state index < -0.39 is 5.91 Å². The first-order valence-electron chi connectivity index (χ1n) is 9.46. The molecule has 7 nitrogen and oxygen atoms in total. The predicted octanol–water partition coefficient (Wildman–Crippen LogP) is 3.13. The summed E-state index contributed by atoms with van der Waals surface area (Å²) in [5, 5.41) is 0. The highest BCUT2D eigenvalue weighted by molar-refractivity contribution is 5.96. The van der Waals surface area contributed by atoms with Crippen LogP contribution in [-0.4, -0.2) is 32.6 Å². The van der Waals surface area contributed by atoms with Crippen LogP contribution in [-0.2, 0) is 11.2 Å². The van der Waals surface area contributed by atoms with Gasteiger partial charge < -0.3 is 14.2 Å².